The van der Waals surface area contributed by atoms with Crippen molar-refractivity contribution >= 4 is 5.91 Å². The number of H-pyrrole nitrogens is 1. The summed E-state index contributed by atoms with van der Waals surface area (Å²) >= 11 is 0. The minimum absolute atomic E-state index is 0.00868. The molecular formula is C20H19N5O2. The predicted molar refractivity (Wildman–Crippen MR) is 99.7 cm³/mol. The Morgan fingerprint density at radius 2 is 2.15 bits per heavy atom. The van der Waals surface area contributed by atoms with Crippen LogP contribution >= 0.6 is 0 Å². The maximum Gasteiger partial charge on any atom is 0.251 e. The third-order valence-corrected chi connectivity index (χ3v) is 4.66. The van der Waals surface area contributed by atoms with Gasteiger partial charge < -0.3 is 9.88 Å². The molecule has 1 aliphatic rings. The van der Waals surface area contributed by atoms with Crippen molar-refractivity contribution in [2.24, 2.45) is 0 Å². The van der Waals surface area contributed by atoms with Gasteiger partial charge in [-0.25, -0.2) is 4.98 Å². The van der Waals surface area contributed by atoms with Crippen LogP contribution in [0.2, 0.25) is 0 Å². The summed E-state index contributed by atoms with van der Waals surface area (Å²) in [7, 11) is 0. The molecule has 1 aliphatic heterocycles. The quantitative estimate of drug-likeness (QED) is 0.769. The number of nitrogens with one attached hydrogen (secondary N) is 1. The number of pyridine rings is 2. The molecule has 4 heterocycles. The molecular weight excluding hydrogens is 342 g/mol. The molecule has 0 radical (unpaired) electrons. The number of carbonyl (C=O) groups is 1. The first-order valence-electron chi connectivity index (χ1n) is 8.92. The summed E-state index contributed by atoms with van der Waals surface area (Å²) in [5, 5.41) is 0. The number of carbonyl (C=O) groups excluding carboxylic acids is 1. The molecule has 3 aromatic rings. The molecule has 27 heavy (non-hydrogen) atoms. The molecule has 1 atom stereocenters. The Balaban J connectivity index is 1.61. The van der Waals surface area contributed by atoms with E-state index in [1.807, 2.05) is 24.3 Å². The van der Waals surface area contributed by atoms with Gasteiger partial charge in [0, 0.05) is 42.5 Å². The van der Waals surface area contributed by atoms with E-state index < -0.39 is 0 Å². The van der Waals surface area contributed by atoms with Crippen LogP contribution in [0.5, 0.6) is 0 Å². The lowest BCUT2D eigenvalue weighted by molar-refractivity contribution is -0.131. The summed E-state index contributed by atoms with van der Waals surface area (Å²) in [5.41, 5.74) is 1.83. The van der Waals surface area contributed by atoms with Gasteiger partial charge >= 0.3 is 0 Å². The number of amides is 1. The molecule has 3 aromatic heterocycles. The second kappa shape index (κ2) is 7.49. The average Bonchev–Trinajstić information content (AvgIpc) is 3.19. The van der Waals surface area contributed by atoms with Crippen molar-refractivity contribution in [3.63, 3.8) is 0 Å². The van der Waals surface area contributed by atoms with E-state index in [2.05, 4.69) is 19.9 Å². The molecule has 1 amide bonds. The van der Waals surface area contributed by atoms with E-state index in [1.54, 1.807) is 29.6 Å². The maximum absolute atomic E-state index is 12.8. The number of aromatic nitrogens is 4. The van der Waals surface area contributed by atoms with Gasteiger partial charge in [0.2, 0.25) is 5.91 Å². The standard InChI is InChI=1S/C20H19N5O2/c26-18-12-16(14-5-3-8-21-13-14)23-20(24-18)17-7-4-10-25(17)19(27)11-15-6-1-2-9-22-15/h1-3,5-6,8-9,12-13,17H,4,7,10-11H2,(H,23,24,26). The zero-order chi connectivity index (χ0) is 18.6. The molecule has 1 unspecified atom stereocenters. The molecule has 136 valence electrons. The van der Waals surface area contributed by atoms with Crippen LogP contribution in [-0.2, 0) is 11.2 Å². The molecule has 1 N–H and O–H groups in total. The fraction of sp³-hybridized carbons (Fsp3) is 0.250. The average molecular weight is 361 g/mol. The van der Waals surface area contributed by atoms with E-state index in [0.717, 1.165) is 24.1 Å². The Labute approximate surface area is 156 Å². The lowest BCUT2D eigenvalue weighted by atomic mass is 10.1. The summed E-state index contributed by atoms with van der Waals surface area (Å²) in [4.78, 5) is 42.5. The van der Waals surface area contributed by atoms with Crippen molar-refractivity contribution in [1.29, 1.82) is 0 Å². The molecule has 0 aromatic carbocycles. The Morgan fingerprint density at radius 1 is 1.22 bits per heavy atom. The molecule has 0 bridgehead atoms. The van der Waals surface area contributed by atoms with E-state index in [9.17, 15) is 9.59 Å². The Bertz CT molecular complexity index is 988. The van der Waals surface area contributed by atoms with Crippen LogP contribution in [0, 0.1) is 0 Å². The maximum atomic E-state index is 12.8. The summed E-state index contributed by atoms with van der Waals surface area (Å²) in [6.45, 7) is 0.650. The summed E-state index contributed by atoms with van der Waals surface area (Å²) in [6.07, 6.45) is 6.91. The number of aromatic amines is 1. The van der Waals surface area contributed by atoms with Gasteiger partial charge in [-0.3, -0.25) is 19.6 Å². The number of hydrogen-bond donors (Lipinski definition) is 1. The second-order valence-corrected chi connectivity index (χ2v) is 6.50. The van der Waals surface area contributed by atoms with Crippen molar-refractivity contribution < 1.29 is 4.79 Å². The van der Waals surface area contributed by atoms with Gasteiger partial charge in [0.25, 0.3) is 5.56 Å². The lowest BCUT2D eigenvalue weighted by Crippen LogP contribution is -2.33. The molecule has 7 nitrogen and oxygen atoms in total. The summed E-state index contributed by atoms with van der Waals surface area (Å²) < 4.78 is 0. The van der Waals surface area contributed by atoms with E-state index >= 15 is 0 Å². The smallest absolute Gasteiger partial charge is 0.251 e. The van der Waals surface area contributed by atoms with Gasteiger partial charge in [-0.05, 0) is 37.1 Å². The number of nitrogens with zero attached hydrogens (tertiary/aromatic N) is 4. The second-order valence-electron chi connectivity index (χ2n) is 6.50. The van der Waals surface area contributed by atoms with Crippen molar-refractivity contribution in [1.82, 2.24) is 24.8 Å². The van der Waals surface area contributed by atoms with Crippen LogP contribution in [0.1, 0.15) is 30.4 Å². The van der Waals surface area contributed by atoms with Crippen LogP contribution in [-0.4, -0.2) is 37.3 Å². The third kappa shape index (κ3) is 3.76. The summed E-state index contributed by atoms with van der Waals surface area (Å²) in [5.74, 6) is 0.513. The minimum atomic E-state index is -0.233. The van der Waals surface area contributed by atoms with Crippen LogP contribution in [0.15, 0.2) is 59.8 Å². The fourth-order valence-corrected chi connectivity index (χ4v) is 3.41. The topological polar surface area (TPSA) is 91.8 Å². The largest absolute Gasteiger partial charge is 0.332 e. The highest BCUT2D eigenvalue weighted by Crippen LogP contribution is 2.30. The molecule has 1 saturated heterocycles. The zero-order valence-corrected chi connectivity index (χ0v) is 14.7. The van der Waals surface area contributed by atoms with Crippen LogP contribution in [0.3, 0.4) is 0 Å². The number of hydrogen-bond acceptors (Lipinski definition) is 5. The first kappa shape index (κ1) is 17.1. The third-order valence-electron chi connectivity index (χ3n) is 4.66. The van der Waals surface area contributed by atoms with Gasteiger partial charge in [0.15, 0.2) is 0 Å². The van der Waals surface area contributed by atoms with E-state index in [-0.39, 0.29) is 23.9 Å². The number of rotatable bonds is 4. The van der Waals surface area contributed by atoms with Gasteiger partial charge in [0.1, 0.15) is 5.82 Å². The normalized spacial score (nSPS) is 16.4. The van der Waals surface area contributed by atoms with E-state index in [4.69, 9.17) is 0 Å². The fourth-order valence-electron chi connectivity index (χ4n) is 3.41. The first-order valence-corrected chi connectivity index (χ1v) is 8.92. The minimum Gasteiger partial charge on any atom is -0.332 e. The van der Waals surface area contributed by atoms with Gasteiger partial charge in [-0.2, -0.15) is 0 Å². The van der Waals surface area contributed by atoms with Gasteiger partial charge in [0.05, 0.1) is 18.2 Å². The number of likely N-dealkylation sites (tertiary alicyclic amines) is 1. The van der Waals surface area contributed by atoms with Crippen LogP contribution < -0.4 is 5.56 Å². The highest BCUT2D eigenvalue weighted by atomic mass is 16.2. The highest BCUT2D eigenvalue weighted by molar-refractivity contribution is 5.79. The van der Waals surface area contributed by atoms with E-state index in [1.165, 1.54) is 6.07 Å². The molecule has 0 aliphatic carbocycles. The molecule has 0 spiro atoms. The van der Waals surface area contributed by atoms with Crippen LogP contribution in [0.25, 0.3) is 11.3 Å². The highest BCUT2D eigenvalue weighted by Gasteiger charge is 2.32. The Kier molecular flexibility index (Phi) is 4.74. The lowest BCUT2D eigenvalue weighted by Gasteiger charge is -2.24. The molecule has 1 fully saturated rings. The summed E-state index contributed by atoms with van der Waals surface area (Å²) in [6, 6.07) is 10.4. The Morgan fingerprint density at radius 3 is 2.93 bits per heavy atom. The van der Waals surface area contributed by atoms with Crippen molar-refractivity contribution in [2.75, 3.05) is 6.54 Å². The Hall–Kier alpha value is -3.35. The predicted octanol–water partition coefficient (Wildman–Crippen LogP) is 2.13. The van der Waals surface area contributed by atoms with Crippen molar-refractivity contribution in [2.45, 2.75) is 25.3 Å². The van der Waals surface area contributed by atoms with Crippen molar-refractivity contribution in [3.05, 3.63) is 76.9 Å². The zero-order valence-electron chi connectivity index (χ0n) is 14.7. The first-order chi connectivity index (χ1) is 13.2. The SMILES string of the molecule is O=C(Cc1ccccn1)N1CCCC1c1nc(-c2cccnc2)cc(=O)[nH]1. The van der Waals surface area contributed by atoms with Gasteiger partial charge in [-0.15, -0.1) is 0 Å². The van der Waals surface area contributed by atoms with Crippen LogP contribution in [0.4, 0.5) is 0 Å². The monoisotopic (exact) mass is 361 g/mol. The van der Waals surface area contributed by atoms with Crippen molar-refractivity contribution in [3.8, 4) is 11.3 Å². The van der Waals surface area contributed by atoms with Gasteiger partial charge in [-0.1, -0.05) is 6.07 Å². The molecule has 0 saturated carbocycles. The van der Waals surface area contributed by atoms with E-state index in [0.29, 0.717) is 18.1 Å². The molecule has 7 heteroatoms. The molecule has 4 rings (SSSR count).